The number of rotatable bonds is 9. The van der Waals surface area contributed by atoms with Crippen molar-refractivity contribution in [1.29, 1.82) is 0 Å². The number of likely N-dealkylation sites (N-methyl/N-ethyl adjacent to an activating group) is 1. The lowest BCUT2D eigenvalue weighted by atomic mass is 9.47. The van der Waals surface area contributed by atoms with Crippen molar-refractivity contribution < 1.29 is 56.7 Å². The molecule has 9 rings (SSSR count). The molecule has 5 aliphatic heterocycles. The van der Waals surface area contributed by atoms with Gasteiger partial charge in [0, 0.05) is 104 Å². The predicted octanol–water partition coefficient (Wildman–Crippen LogP) is 1.85. The molecule has 6 aliphatic rings. The second-order valence-corrected chi connectivity index (χ2v) is 20.2. The van der Waals surface area contributed by atoms with Crippen LogP contribution in [-0.2, 0) is 46.8 Å². The van der Waals surface area contributed by atoms with Gasteiger partial charge in [0.25, 0.3) is 5.91 Å². The van der Waals surface area contributed by atoms with Crippen LogP contribution >= 0.6 is 0 Å². The minimum absolute atomic E-state index is 0.0621. The van der Waals surface area contributed by atoms with E-state index in [0.29, 0.717) is 82.6 Å². The fraction of sp³-hybridized carbons (Fsp3) is 0.596. The van der Waals surface area contributed by atoms with Gasteiger partial charge in [-0.15, -0.1) is 0 Å². The van der Waals surface area contributed by atoms with Crippen molar-refractivity contribution >= 4 is 44.8 Å². The number of aliphatic hydroxyl groups is 3. The zero-order valence-corrected chi connectivity index (χ0v) is 39.3. The number of nitrogens with one attached hydrogen (secondary N) is 3. The van der Waals surface area contributed by atoms with Gasteiger partial charge in [-0.05, 0) is 74.2 Å². The van der Waals surface area contributed by atoms with E-state index in [1.807, 2.05) is 62.2 Å². The van der Waals surface area contributed by atoms with Crippen LogP contribution in [0, 0.1) is 11.3 Å². The summed E-state index contributed by atoms with van der Waals surface area (Å²) in [5.74, 6) is -1.03. The van der Waals surface area contributed by atoms with Crippen LogP contribution in [0.1, 0.15) is 75.3 Å². The molecule has 2 amide bonds. The molecule has 2 aromatic carbocycles. The quantitative estimate of drug-likeness (QED) is 0.0660. The Labute approximate surface area is 385 Å². The van der Waals surface area contributed by atoms with Crippen LogP contribution in [0.25, 0.3) is 10.9 Å². The number of esters is 1. The average molecular weight is 937 g/mol. The number of aromatic nitrogens is 1. The van der Waals surface area contributed by atoms with Gasteiger partial charge in [-0.1, -0.05) is 44.2 Å². The zero-order chi connectivity index (χ0) is 47.8. The number of carbonyl (C=O) groups is 3. The summed E-state index contributed by atoms with van der Waals surface area (Å²) < 4.78 is 43.9. The predicted molar refractivity (Wildman–Crippen MR) is 245 cm³/mol. The van der Waals surface area contributed by atoms with Crippen LogP contribution in [0.5, 0.6) is 5.75 Å². The summed E-state index contributed by atoms with van der Waals surface area (Å²) in [6, 6.07) is 11.0. The summed E-state index contributed by atoms with van der Waals surface area (Å²) in [6.07, 6.45) is 5.67. The van der Waals surface area contributed by atoms with E-state index in [-0.39, 0.29) is 31.0 Å². The molecule has 1 unspecified atom stereocenters. The standard InChI is InChI=1S/C47H62N6O8.H2O4S/c1-7-43(58)24-29-25-46(42(57)61-6,37-31(14-20-52(26-29)27-43)30-12-9-10-13-34(30)50-37)33-22-32-35(23-36(33)60-5)51(4)39-45(32)16-21-53-19-11-15-44(8-2,38(45)53)40(55)47(39,59)41(56)49-18-17-48-28(3)54;1-5(2,3)4/h9-13,15,22-23,29,38-40,50,55,58-59H,7-8,14,16-21,24-27H2,1-6H3,(H,48,54)(H,49,56);(H2,1,2,3,4)/t29-,38+,39-,40-,43+,44-,45-,46+,47+;/m1./s1. The van der Waals surface area contributed by atoms with Gasteiger partial charge >= 0.3 is 16.4 Å². The number of hydrogen-bond donors (Lipinski definition) is 8. The Bertz CT molecular complexity index is 2550. The van der Waals surface area contributed by atoms with Crippen LogP contribution in [0.15, 0.2) is 48.6 Å². The largest absolute Gasteiger partial charge is 0.496 e. The number of aromatic amines is 1. The number of piperidine rings is 1. The highest BCUT2D eigenvalue weighted by Crippen LogP contribution is 2.67. The number of para-hydroxylation sites is 1. The van der Waals surface area contributed by atoms with Crippen molar-refractivity contribution in [3.63, 3.8) is 0 Å². The molecule has 1 aliphatic carbocycles. The first-order valence-corrected chi connectivity index (χ1v) is 24.2. The van der Waals surface area contributed by atoms with Crippen molar-refractivity contribution in [2.24, 2.45) is 11.3 Å². The lowest BCUT2D eigenvalue weighted by Crippen LogP contribution is -2.81. The third-order valence-electron chi connectivity index (χ3n) is 16.0. The van der Waals surface area contributed by atoms with E-state index in [1.165, 1.54) is 14.0 Å². The number of carbonyl (C=O) groups excluding carboxylic acids is 3. The van der Waals surface area contributed by atoms with Gasteiger partial charge in [-0.25, -0.2) is 0 Å². The fourth-order valence-corrected chi connectivity index (χ4v) is 13.6. The molecule has 0 radical (unpaired) electrons. The summed E-state index contributed by atoms with van der Waals surface area (Å²) in [5.41, 5.74) is -1.66. The smallest absolute Gasteiger partial charge is 0.394 e. The highest BCUT2D eigenvalue weighted by atomic mass is 32.3. The topological polar surface area (TPSA) is 255 Å². The lowest BCUT2D eigenvalue weighted by molar-refractivity contribution is -0.203. The van der Waals surface area contributed by atoms with Crippen LogP contribution in [0.4, 0.5) is 5.69 Å². The van der Waals surface area contributed by atoms with Gasteiger partial charge < -0.3 is 45.3 Å². The molecule has 6 heterocycles. The number of amides is 2. The molecule has 2 saturated heterocycles. The molecule has 19 heteroatoms. The fourth-order valence-electron chi connectivity index (χ4n) is 13.6. The van der Waals surface area contributed by atoms with E-state index in [4.69, 9.17) is 27.0 Å². The Kier molecular flexibility index (Phi) is 12.5. The van der Waals surface area contributed by atoms with E-state index in [0.717, 1.165) is 33.4 Å². The molecule has 18 nitrogen and oxygen atoms in total. The Morgan fingerprint density at radius 2 is 1.68 bits per heavy atom. The highest BCUT2D eigenvalue weighted by Gasteiger charge is 2.78. The molecule has 1 spiro atoms. The molecule has 360 valence electrons. The van der Waals surface area contributed by atoms with Crippen LogP contribution < -0.4 is 20.3 Å². The lowest BCUT2D eigenvalue weighted by Gasteiger charge is -2.63. The monoisotopic (exact) mass is 936 g/mol. The number of ether oxygens (including phenoxy) is 2. The Balaban J connectivity index is 0.00000112. The maximum Gasteiger partial charge on any atom is 0.394 e. The molecular formula is C47H64N6O12S. The Morgan fingerprint density at radius 1 is 0.970 bits per heavy atom. The second-order valence-electron chi connectivity index (χ2n) is 19.3. The number of aliphatic hydroxyl groups excluding tert-OH is 1. The first-order chi connectivity index (χ1) is 31.2. The summed E-state index contributed by atoms with van der Waals surface area (Å²) in [5, 5.41) is 44.6. The number of benzene rings is 2. The molecule has 3 fully saturated rings. The number of methoxy groups -OCH3 is 2. The zero-order valence-electron chi connectivity index (χ0n) is 38.5. The van der Waals surface area contributed by atoms with Crippen molar-refractivity contribution in [2.45, 2.75) is 99.5 Å². The summed E-state index contributed by atoms with van der Waals surface area (Å²) in [6.45, 7) is 8.94. The van der Waals surface area contributed by atoms with Gasteiger partial charge in [-0.3, -0.25) is 33.3 Å². The minimum Gasteiger partial charge on any atom is -0.496 e. The number of H-pyrrole nitrogens is 1. The molecule has 8 N–H and O–H groups in total. The highest BCUT2D eigenvalue weighted by molar-refractivity contribution is 7.79. The third-order valence-corrected chi connectivity index (χ3v) is 16.0. The maximum absolute atomic E-state index is 15.3. The Morgan fingerprint density at radius 3 is 2.35 bits per heavy atom. The molecule has 66 heavy (non-hydrogen) atoms. The number of hydrogen-bond acceptors (Lipinski definition) is 13. The third kappa shape index (κ3) is 7.32. The Hall–Kier alpha value is -4.60. The first kappa shape index (κ1) is 47.9. The van der Waals surface area contributed by atoms with E-state index in [1.54, 1.807) is 7.11 Å². The molecular weight excluding hydrogens is 873 g/mol. The normalized spacial score (nSPS) is 34.3. The van der Waals surface area contributed by atoms with E-state index in [9.17, 15) is 24.9 Å². The van der Waals surface area contributed by atoms with Crippen LogP contribution in [0.2, 0.25) is 0 Å². The average Bonchev–Trinajstić information content (AvgIpc) is 3.94. The van der Waals surface area contributed by atoms with Gasteiger partial charge in [0.05, 0.1) is 25.9 Å². The van der Waals surface area contributed by atoms with Gasteiger partial charge in [0.15, 0.2) is 5.60 Å². The van der Waals surface area contributed by atoms with E-state index >= 15 is 4.79 Å². The SMILES string of the molecule is CC[C@]1(O)C[C@H]2CN(CCc3c([nH]c4ccccc34)[C@@](C(=O)OC)(c3cc4c(cc3OC)N(C)[C@H]3[C@@](O)(C(=O)NCCNC(C)=O)[C@H](O)[C@]5(CC)C=CCN6CC[C@]43[C@@H]65)C2)C1.O=S(=O)(O)O. The number of fused-ring (bicyclic) bond motifs is 6. The van der Waals surface area contributed by atoms with Gasteiger partial charge in [0.2, 0.25) is 5.91 Å². The van der Waals surface area contributed by atoms with Crippen molar-refractivity contribution in [1.82, 2.24) is 25.4 Å². The summed E-state index contributed by atoms with van der Waals surface area (Å²) in [4.78, 5) is 52.2. The van der Waals surface area contributed by atoms with E-state index < -0.39 is 61.9 Å². The number of anilines is 1. The molecule has 1 aromatic heterocycles. The maximum atomic E-state index is 15.3. The van der Waals surface area contributed by atoms with Crippen molar-refractivity contribution in [3.05, 3.63) is 70.9 Å². The van der Waals surface area contributed by atoms with Gasteiger partial charge in [0.1, 0.15) is 17.3 Å². The van der Waals surface area contributed by atoms with E-state index in [2.05, 4.69) is 37.6 Å². The molecule has 10 atom stereocenters. The van der Waals surface area contributed by atoms with Crippen LogP contribution in [0.3, 0.4) is 0 Å². The molecule has 3 aromatic rings. The minimum atomic E-state index is -4.67. The summed E-state index contributed by atoms with van der Waals surface area (Å²) in [7, 11) is 0.237. The van der Waals surface area contributed by atoms with Crippen LogP contribution in [-0.4, -0.2) is 162 Å². The van der Waals surface area contributed by atoms with Crippen molar-refractivity contribution in [2.75, 3.05) is 72.0 Å². The van der Waals surface area contributed by atoms with Gasteiger partial charge in [-0.2, -0.15) is 8.42 Å². The molecule has 2 bridgehead atoms. The molecule has 1 saturated carbocycles. The first-order valence-electron chi connectivity index (χ1n) is 22.8. The van der Waals surface area contributed by atoms with Crippen molar-refractivity contribution in [3.8, 4) is 5.75 Å². The second kappa shape index (κ2) is 17.2. The summed E-state index contributed by atoms with van der Waals surface area (Å²) >= 11 is 0. The number of nitrogens with zero attached hydrogens (tertiary/aromatic N) is 3.